The molecule has 1 N–H and O–H groups in total. The van der Waals surface area contributed by atoms with Crippen molar-refractivity contribution in [1.29, 1.82) is 0 Å². The molecule has 2 aliphatic rings. The molecule has 0 bridgehead atoms. The van der Waals surface area contributed by atoms with E-state index in [0.29, 0.717) is 0 Å². The van der Waals surface area contributed by atoms with Gasteiger partial charge >= 0.3 is 0 Å². The molecule has 0 aliphatic carbocycles. The number of hydrogen-bond acceptors (Lipinski definition) is 4. The molecule has 0 radical (unpaired) electrons. The van der Waals surface area contributed by atoms with Crippen molar-refractivity contribution in [2.45, 2.75) is 13.0 Å². The SMILES string of the molecule is c1ccc(-c2cnc(CN3CCC4CNCC4C3)o2)cc1. The Hall–Kier alpha value is -1.65. The lowest BCUT2D eigenvalue weighted by Crippen LogP contribution is -2.39. The summed E-state index contributed by atoms with van der Waals surface area (Å²) >= 11 is 0. The van der Waals surface area contributed by atoms with Gasteiger partial charge in [0.1, 0.15) is 0 Å². The average Bonchev–Trinajstić information content (AvgIpc) is 3.17. The topological polar surface area (TPSA) is 41.3 Å². The van der Waals surface area contributed by atoms with E-state index in [4.69, 9.17) is 4.42 Å². The Balaban J connectivity index is 1.42. The predicted molar refractivity (Wildman–Crippen MR) is 81.7 cm³/mol. The Morgan fingerprint density at radius 1 is 1.19 bits per heavy atom. The molecular weight excluding hydrogens is 262 g/mol. The molecule has 2 saturated heterocycles. The van der Waals surface area contributed by atoms with Crippen molar-refractivity contribution in [2.24, 2.45) is 11.8 Å². The molecule has 4 heteroatoms. The Morgan fingerprint density at radius 2 is 2.05 bits per heavy atom. The molecular formula is C17H21N3O. The highest BCUT2D eigenvalue weighted by Crippen LogP contribution is 2.28. The number of nitrogens with one attached hydrogen (secondary N) is 1. The summed E-state index contributed by atoms with van der Waals surface area (Å²) < 4.78 is 5.92. The minimum atomic E-state index is 0.808. The molecule has 21 heavy (non-hydrogen) atoms. The number of nitrogens with zero attached hydrogens (tertiary/aromatic N) is 2. The molecule has 2 atom stereocenters. The molecule has 3 heterocycles. The largest absolute Gasteiger partial charge is 0.439 e. The van der Waals surface area contributed by atoms with Gasteiger partial charge in [0, 0.05) is 12.1 Å². The summed E-state index contributed by atoms with van der Waals surface area (Å²) in [6.45, 7) is 5.53. The van der Waals surface area contributed by atoms with E-state index in [1.807, 2.05) is 24.4 Å². The number of benzene rings is 1. The summed E-state index contributed by atoms with van der Waals surface area (Å²) in [4.78, 5) is 6.93. The van der Waals surface area contributed by atoms with Crippen LogP contribution in [0.4, 0.5) is 0 Å². The second kappa shape index (κ2) is 5.62. The molecule has 0 spiro atoms. The zero-order valence-electron chi connectivity index (χ0n) is 12.2. The lowest BCUT2D eigenvalue weighted by atomic mass is 9.89. The Labute approximate surface area is 125 Å². The first-order chi connectivity index (χ1) is 10.4. The third-order valence-electron chi connectivity index (χ3n) is 4.76. The number of aromatic nitrogens is 1. The van der Waals surface area contributed by atoms with E-state index < -0.39 is 0 Å². The van der Waals surface area contributed by atoms with Gasteiger partial charge in [0.15, 0.2) is 5.76 Å². The van der Waals surface area contributed by atoms with Crippen molar-refractivity contribution < 1.29 is 4.42 Å². The van der Waals surface area contributed by atoms with Crippen LogP contribution >= 0.6 is 0 Å². The summed E-state index contributed by atoms with van der Waals surface area (Å²) in [6.07, 6.45) is 3.14. The predicted octanol–water partition coefficient (Wildman–Crippen LogP) is 2.38. The van der Waals surface area contributed by atoms with Gasteiger partial charge in [-0.25, -0.2) is 4.98 Å². The Kier molecular flexibility index (Phi) is 3.49. The second-order valence-corrected chi connectivity index (χ2v) is 6.19. The van der Waals surface area contributed by atoms with Crippen molar-refractivity contribution in [1.82, 2.24) is 15.2 Å². The van der Waals surface area contributed by atoms with Crippen LogP contribution in [0.25, 0.3) is 11.3 Å². The van der Waals surface area contributed by atoms with Gasteiger partial charge in [-0.1, -0.05) is 30.3 Å². The second-order valence-electron chi connectivity index (χ2n) is 6.19. The first-order valence-electron chi connectivity index (χ1n) is 7.82. The molecule has 2 fully saturated rings. The minimum absolute atomic E-state index is 0.808. The molecule has 1 aromatic heterocycles. The summed E-state index contributed by atoms with van der Waals surface area (Å²) in [6, 6.07) is 10.2. The molecule has 110 valence electrons. The van der Waals surface area contributed by atoms with E-state index in [1.165, 1.54) is 26.1 Å². The molecule has 0 saturated carbocycles. The summed E-state index contributed by atoms with van der Waals surface area (Å²) in [5, 5.41) is 3.51. The van der Waals surface area contributed by atoms with E-state index >= 15 is 0 Å². The van der Waals surface area contributed by atoms with Crippen molar-refractivity contribution in [3.8, 4) is 11.3 Å². The quantitative estimate of drug-likeness (QED) is 0.939. The highest BCUT2D eigenvalue weighted by atomic mass is 16.4. The van der Waals surface area contributed by atoms with Crippen LogP contribution in [0.3, 0.4) is 0 Å². The third-order valence-corrected chi connectivity index (χ3v) is 4.76. The summed E-state index contributed by atoms with van der Waals surface area (Å²) in [7, 11) is 0. The van der Waals surface area contributed by atoms with Crippen LogP contribution in [0.5, 0.6) is 0 Å². The van der Waals surface area contributed by atoms with E-state index in [1.54, 1.807) is 0 Å². The van der Waals surface area contributed by atoms with Gasteiger partial charge in [0.2, 0.25) is 5.89 Å². The average molecular weight is 283 g/mol. The zero-order valence-corrected chi connectivity index (χ0v) is 12.2. The van der Waals surface area contributed by atoms with Gasteiger partial charge in [0.25, 0.3) is 0 Å². The molecule has 1 aromatic carbocycles. The molecule has 2 aliphatic heterocycles. The van der Waals surface area contributed by atoms with E-state index in [9.17, 15) is 0 Å². The number of piperidine rings is 1. The molecule has 0 amide bonds. The fourth-order valence-corrected chi connectivity index (χ4v) is 3.56. The van der Waals surface area contributed by atoms with Crippen molar-refractivity contribution in [3.63, 3.8) is 0 Å². The first-order valence-corrected chi connectivity index (χ1v) is 7.82. The highest BCUT2D eigenvalue weighted by Gasteiger charge is 2.32. The standard InChI is InChI=1S/C17H21N3O/c1-2-4-13(5-3-1)16-10-19-17(21-16)12-20-7-6-14-8-18-9-15(14)11-20/h1-5,10,14-15,18H,6-9,11-12H2. The van der Waals surface area contributed by atoms with Crippen LogP contribution in [0.1, 0.15) is 12.3 Å². The fourth-order valence-electron chi connectivity index (χ4n) is 3.56. The van der Waals surface area contributed by atoms with Gasteiger partial charge in [-0.05, 0) is 37.9 Å². The van der Waals surface area contributed by atoms with Gasteiger partial charge < -0.3 is 9.73 Å². The Bertz CT molecular complexity index is 595. The third kappa shape index (κ3) is 2.74. The fraction of sp³-hybridized carbons (Fsp3) is 0.471. The van der Waals surface area contributed by atoms with E-state index in [0.717, 1.165) is 42.1 Å². The monoisotopic (exact) mass is 283 g/mol. The van der Waals surface area contributed by atoms with Crippen LogP contribution < -0.4 is 5.32 Å². The lowest BCUT2D eigenvalue weighted by Gasteiger charge is -2.33. The molecule has 4 rings (SSSR count). The van der Waals surface area contributed by atoms with Gasteiger partial charge in [-0.3, -0.25) is 4.90 Å². The van der Waals surface area contributed by atoms with Crippen molar-refractivity contribution in [3.05, 3.63) is 42.4 Å². The molecule has 2 unspecified atom stereocenters. The zero-order chi connectivity index (χ0) is 14.1. The van der Waals surface area contributed by atoms with Gasteiger partial charge in [-0.2, -0.15) is 0 Å². The minimum Gasteiger partial charge on any atom is -0.439 e. The van der Waals surface area contributed by atoms with Crippen LogP contribution in [-0.2, 0) is 6.54 Å². The Morgan fingerprint density at radius 3 is 2.95 bits per heavy atom. The number of rotatable bonds is 3. The van der Waals surface area contributed by atoms with Crippen molar-refractivity contribution in [2.75, 3.05) is 26.2 Å². The first kappa shape index (κ1) is 13.0. The maximum atomic E-state index is 5.92. The smallest absolute Gasteiger partial charge is 0.209 e. The maximum Gasteiger partial charge on any atom is 0.209 e. The maximum absolute atomic E-state index is 5.92. The number of oxazole rings is 1. The molecule has 2 aromatic rings. The van der Waals surface area contributed by atoms with Crippen molar-refractivity contribution >= 4 is 0 Å². The number of hydrogen-bond donors (Lipinski definition) is 1. The van der Waals surface area contributed by atoms with Crippen LogP contribution in [-0.4, -0.2) is 36.1 Å². The van der Waals surface area contributed by atoms with Crippen LogP contribution in [0.2, 0.25) is 0 Å². The normalized spacial score (nSPS) is 25.9. The van der Waals surface area contributed by atoms with Crippen LogP contribution in [0, 0.1) is 11.8 Å². The highest BCUT2D eigenvalue weighted by molar-refractivity contribution is 5.55. The summed E-state index contributed by atoms with van der Waals surface area (Å²) in [5.41, 5.74) is 1.09. The van der Waals surface area contributed by atoms with Crippen LogP contribution in [0.15, 0.2) is 40.9 Å². The number of likely N-dealkylation sites (tertiary alicyclic amines) is 1. The van der Waals surface area contributed by atoms with E-state index in [-0.39, 0.29) is 0 Å². The number of fused-ring (bicyclic) bond motifs is 1. The van der Waals surface area contributed by atoms with Gasteiger partial charge in [0.05, 0.1) is 12.7 Å². The molecule has 4 nitrogen and oxygen atoms in total. The van der Waals surface area contributed by atoms with Gasteiger partial charge in [-0.15, -0.1) is 0 Å². The lowest BCUT2D eigenvalue weighted by molar-refractivity contribution is 0.132. The summed E-state index contributed by atoms with van der Waals surface area (Å²) in [5.74, 6) is 3.38. The van der Waals surface area contributed by atoms with E-state index in [2.05, 4.69) is 27.3 Å².